The van der Waals surface area contributed by atoms with Gasteiger partial charge in [0.15, 0.2) is 0 Å². The summed E-state index contributed by atoms with van der Waals surface area (Å²) in [7, 11) is 0. The van der Waals surface area contributed by atoms with Crippen molar-refractivity contribution in [2.45, 2.75) is 13.0 Å². The first-order valence-electron chi connectivity index (χ1n) is 10.3. The Kier molecular flexibility index (Phi) is 5.42. The predicted molar refractivity (Wildman–Crippen MR) is 117 cm³/mol. The van der Waals surface area contributed by atoms with Crippen LogP contribution in [0.15, 0.2) is 49.2 Å². The summed E-state index contributed by atoms with van der Waals surface area (Å²) in [5.74, 6) is -0.462. The monoisotopic (exact) mass is 432 g/mol. The van der Waals surface area contributed by atoms with Gasteiger partial charge in [0.2, 0.25) is 0 Å². The van der Waals surface area contributed by atoms with Crippen LogP contribution in [0.5, 0.6) is 0 Å². The van der Waals surface area contributed by atoms with Gasteiger partial charge in [-0.3, -0.25) is 15.0 Å². The van der Waals surface area contributed by atoms with Crippen LogP contribution in [0, 0.1) is 12.7 Å². The highest BCUT2D eigenvalue weighted by Gasteiger charge is 2.20. The minimum Gasteiger partial charge on any atom is -0.382 e. The summed E-state index contributed by atoms with van der Waals surface area (Å²) in [4.78, 5) is 23.8. The van der Waals surface area contributed by atoms with E-state index in [1.165, 1.54) is 24.7 Å². The van der Waals surface area contributed by atoms with Gasteiger partial charge in [0, 0.05) is 31.0 Å². The zero-order chi connectivity index (χ0) is 22.1. The Hall–Kier alpha value is -3.56. The summed E-state index contributed by atoms with van der Waals surface area (Å²) in [6.07, 6.45) is 5.18. The normalized spacial score (nSPS) is 15.2. The number of nitrogens with zero attached hydrogens (tertiary/aromatic N) is 6. The molecule has 0 unspecified atom stereocenters. The third kappa shape index (κ3) is 3.76. The fraction of sp³-hybridized carbons (Fsp3) is 0.261. The second-order valence-corrected chi connectivity index (χ2v) is 7.55. The molecule has 4 aromatic rings. The summed E-state index contributed by atoms with van der Waals surface area (Å²) in [6.45, 7) is 4.66. The SMILES string of the molecule is Cc1nccnc1[C@@H](O)c1ccc(F)c(-c2ncnc3cc(N4CCOCC4)cnc23)c1. The van der Waals surface area contributed by atoms with Gasteiger partial charge in [-0.05, 0) is 30.7 Å². The average Bonchev–Trinajstić information content (AvgIpc) is 2.84. The first-order valence-corrected chi connectivity index (χ1v) is 10.3. The molecule has 0 aliphatic carbocycles. The van der Waals surface area contributed by atoms with Crippen molar-refractivity contribution in [1.29, 1.82) is 0 Å². The molecule has 1 aromatic carbocycles. The molecule has 5 rings (SSSR count). The lowest BCUT2D eigenvalue weighted by molar-refractivity contribution is 0.122. The van der Waals surface area contributed by atoms with Crippen molar-refractivity contribution < 1.29 is 14.2 Å². The lowest BCUT2D eigenvalue weighted by atomic mass is 10.00. The van der Waals surface area contributed by atoms with Crippen LogP contribution in [0.2, 0.25) is 0 Å². The summed E-state index contributed by atoms with van der Waals surface area (Å²) >= 11 is 0. The van der Waals surface area contributed by atoms with Crippen molar-refractivity contribution in [2.24, 2.45) is 0 Å². The third-order valence-electron chi connectivity index (χ3n) is 5.58. The lowest BCUT2D eigenvalue weighted by Gasteiger charge is -2.28. The first kappa shape index (κ1) is 20.3. The summed E-state index contributed by atoms with van der Waals surface area (Å²) in [6, 6.07) is 6.35. The molecular weight excluding hydrogens is 411 g/mol. The summed E-state index contributed by atoms with van der Waals surface area (Å²) < 4.78 is 20.3. The number of benzene rings is 1. The molecule has 8 nitrogen and oxygen atoms in total. The molecule has 4 heterocycles. The van der Waals surface area contributed by atoms with Gasteiger partial charge < -0.3 is 14.7 Å². The Bertz CT molecular complexity index is 1280. The van der Waals surface area contributed by atoms with Crippen LogP contribution in [0.25, 0.3) is 22.3 Å². The molecule has 0 bridgehead atoms. The number of hydrogen-bond donors (Lipinski definition) is 1. The van der Waals surface area contributed by atoms with Crippen molar-refractivity contribution in [1.82, 2.24) is 24.9 Å². The molecule has 1 fully saturated rings. The molecule has 9 heteroatoms. The molecule has 3 aromatic heterocycles. The molecule has 162 valence electrons. The van der Waals surface area contributed by atoms with Crippen molar-refractivity contribution in [3.05, 3.63) is 72.0 Å². The van der Waals surface area contributed by atoms with Crippen LogP contribution in [0.1, 0.15) is 23.1 Å². The van der Waals surface area contributed by atoms with E-state index in [2.05, 4.69) is 29.8 Å². The van der Waals surface area contributed by atoms with Crippen LogP contribution in [-0.4, -0.2) is 56.3 Å². The number of pyridine rings is 1. The minimum atomic E-state index is -1.04. The number of morpholine rings is 1. The maximum absolute atomic E-state index is 14.9. The maximum Gasteiger partial charge on any atom is 0.132 e. The highest BCUT2D eigenvalue weighted by atomic mass is 19.1. The smallest absolute Gasteiger partial charge is 0.132 e. The Morgan fingerprint density at radius 2 is 1.84 bits per heavy atom. The molecule has 1 atom stereocenters. The highest BCUT2D eigenvalue weighted by molar-refractivity contribution is 5.90. The van der Waals surface area contributed by atoms with Gasteiger partial charge in [-0.2, -0.15) is 0 Å². The fourth-order valence-electron chi connectivity index (χ4n) is 3.86. The molecule has 0 spiro atoms. The van der Waals surface area contributed by atoms with Crippen LogP contribution >= 0.6 is 0 Å². The zero-order valence-corrected chi connectivity index (χ0v) is 17.4. The second-order valence-electron chi connectivity index (χ2n) is 7.55. The molecule has 0 saturated carbocycles. The summed E-state index contributed by atoms with van der Waals surface area (Å²) in [5, 5.41) is 10.8. The van der Waals surface area contributed by atoms with E-state index >= 15 is 0 Å². The van der Waals surface area contributed by atoms with E-state index in [4.69, 9.17) is 4.74 Å². The van der Waals surface area contributed by atoms with Crippen LogP contribution in [0.3, 0.4) is 0 Å². The van der Waals surface area contributed by atoms with Crippen LogP contribution in [0.4, 0.5) is 10.1 Å². The van der Waals surface area contributed by atoms with Gasteiger partial charge in [-0.25, -0.2) is 14.4 Å². The Morgan fingerprint density at radius 1 is 1.03 bits per heavy atom. The molecular formula is C23H21FN6O2. The number of aliphatic hydroxyl groups is 1. The quantitative estimate of drug-likeness (QED) is 0.526. The number of halogens is 1. The zero-order valence-electron chi connectivity index (χ0n) is 17.4. The molecule has 32 heavy (non-hydrogen) atoms. The van der Waals surface area contributed by atoms with Crippen molar-refractivity contribution >= 4 is 16.7 Å². The van der Waals surface area contributed by atoms with Gasteiger partial charge in [-0.1, -0.05) is 6.07 Å². The fourth-order valence-corrected chi connectivity index (χ4v) is 3.86. The Labute approximate surface area is 183 Å². The van der Waals surface area contributed by atoms with Gasteiger partial charge in [0.05, 0.1) is 42.0 Å². The average molecular weight is 432 g/mol. The summed E-state index contributed by atoms with van der Waals surface area (Å²) in [5.41, 5.74) is 4.17. The largest absolute Gasteiger partial charge is 0.382 e. The molecule has 0 radical (unpaired) electrons. The molecule has 1 saturated heterocycles. The molecule has 0 amide bonds. The lowest BCUT2D eigenvalue weighted by Crippen LogP contribution is -2.36. The first-order chi connectivity index (χ1) is 15.6. The number of aromatic nitrogens is 5. The second kappa shape index (κ2) is 8.52. The number of hydrogen-bond acceptors (Lipinski definition) is 8. The van der Waals surface area contributed by atoms with Gasteiger partial charge in [0.25, 0.3) is 0 Å². The van der Waals surface area contributed by atoms with E-state index in [1.807, 2.05) is 6.07 Å². The number of fused-ring (bicyclic) bond motifs is 1. The van der Waals surface area contributed by atoms with E-state index in [0.29, 0.717) is 46.9 Å². The highest BCUT2D eigenvalue weighted by Crippen LogP contribution is 2.32. The molecule has 1 N–H and O–H groups in total. The number of aliphatic hydroxyl groups excluding tert-OH is 1. The Morgan fingerprint density at radius 3 is 2.66 bits per heavy atom. The Balaban J connectivity index is 1.56. The molecule has 1 aliphatic heterocycles. The van der Waals surface area contributed by atoms with E-state index in [0.717, 1.165) is 18.8 Å². The van der Waals surface area contributed by atoms with Crippen molar-refractivity contribution in [3.63, 3.8) is 0 Å². The van der Waals surface area contributed by atoms with E-state index in [-0.39, 0.29) is 5.56 Å². The van der Waals surface area contributed by atoms with Crippen molar-refractivity contribution in [2.75, 3.05) is 31.2 Å². The van der Waals surface area contributed by atoms with Gasteiger partial charge in [-0.15, -0.1) is 0 Å². The standard InChI is InChI=1S/C23H21FN6O2/c1-14-20(26-5-4-25-14)23(31)15-2-3-18(24)17(10-15)21-22-19(28-13-29-21)11-16(12-27-22)30-6-8-32-9-7-30/h2-5,10-13,23,31H,6-9H2,1H3/t23-/m0/s1. The minimum absolute atomic E-state index is 0.238. The third-order valence-corrected chi connectivity index (χ3v) is 5.58. The van der Waals surface area contributed by atoms with Gasteiger partial charge in [0.1, 0.15) is 29.5 Å². The predicted octanol–water partition coefficient (Wildman–Crippen LogP) is 2.85. The number of aryl methyl sites for hydroxylation is 1. The van der Waals surface area contributed by atoms with Crippen molar-refractivity contribution in [3.8, 4) is 11.3 Å². The van der Waals surface area contributed by atoms with E-state index in [1.54, 1.807) is 25.4 Å². The number of ether oxygens (including phenoxy) is 1. The maximum atomic E-state index is 14.9. The van der Waals surface area contributed by atoms with Crippen LogP contribution in [-0.2, 0) is 4.74 Å². The number of anilines is 1. The van der Waals surface area contributed by atoms with E-state index in [9.17, 15) is 9.50 Å². The molecule has 1 aliphatic rings. The topological polar surface area (TPSA) is 97.2 Å². The van der Waals surface area contributed by atoms with Crippen LogP contribution < -0.4 is 4.90 Å². The number of rotatable bonds is 4. The van der Waals surface area contributed by atoms with E-state index < -0.39 is 11.9 Å². The van der Waals surface area contributed by atoms with Gasteiger partial charge >= 0.3 is 0 Å².